The van der Waals surface area contributed by atoms with Crippen molar-refractivity contribution in [3.63, 3.8) is 0 Å². The lowest BCUT2D eigenvalue weighted by Gasteiger charge is -2.48. The minimum absolute atomic E-state index is 0.108. The number of piperidine rings is 1. The maximum absolute atomic E-state index is 10.3. The zero-order chi connectivity index (χ0) is 16.4. The first-order valence-corrected chi connectivity index (χ1v) is 8.96. The Hall–Kier alpha value is -0.970. The SMILES string of the molecule is Cc1cccc(CN2CCC3(CC2)C[C@H](O)C[C@H](C(C)C)O3)n1. The van der Waals surface area contributed by atoms with Crippen LogP contribution < -0.4 is 0 Å². The highest BCUT2D eigenvalue weighted by atomic mass is 16.5. The van der Waals surface area contributed by atoms with Crippen molar-refractivity contribution in [3.05, 3.63) is 29.6 Å². The Bertz CT molecular complexity index is 524. The van der Waals surface area contributed by atoms with Crippen LogP contribution in [0.1, 0.15) is 50.9 Å². The molecule has 23 heavy (non-hydrogen) atoms. The van der Waals surface area contributed by atoms with Crippen LogP contribution in [0.4, 0.5) is 0 Å². The third-order valence-electron chi connectivity index (χ3n) is 5.36. The van der Waals surface area contributed by atoms with Crippen LogP contribution in [0.5, 0.6) is 0 Å². The van der Waals surface area contributed by atoms with E-state index in [-0.39, 0.29) is 17.8 Å². The van der Waals surface area contributed by atoms with Gasteiger partial charge in [0.25, 0.3) is 0 Å². The van der Waals surface area contributed by atoms with Gasteiger partial charge in [-0.25, -0.2) is 0 Å². The Morgan fingerprint density at radius 3 is 2.74 bits per heavy atom. The zero-order valence-corrected chi connectivity index (χ0v) is 14.7. The second kappa shape index (κ2) is 6.88. The number of ether oxygens (including phenoxy) is 1. The third-order valence-corrected chi connectivity index (χ3v) is 5.36. The molecule has 0 unspecified atom stereocenters. The van der Waals surface area contributed by atoms with Crippen LogP contribution in [0.15, 0.2) is 18.2 Å². The van der Waals surface area contributed by atoms with Gasteiger partial charge in [0.15, 0.2) is 0 Å². The quantitative estimate of drug-likeness (QED) is 0.931. The van der Waals surface area contributed by atoms with E-state index in [0.717, 1.165) is 56.7 Å². The Balaban J connectivity index is 1.59. The van der Waals surface area contributed by atoms with E-state index in [9.17, 15) is 5.11 Å². The lowest BCUT2D eigenvalue weighted by atomic mass is 9.80. The molecule has 3 rings (SSSR count). The number of hydrogen-bond donors (Lipinski definition) is 1. The largest absolute Gasteiger partial charge is 0.393 e. The summed E-state index contributed by atoms with van der Waals surface area (Å²) < 4.78 is 6.46. The maximum atomic E-state index is 10.3. The topological polar surface area (TPSA) is 45.6 Å². The summed E-state index contributed by atoms with van der Waals surface area (Å²) >= 11 is 0. The van der Waals surface area contributed by atoms with Gasteiger partial charge in [-0.1, -0.05) is 19.9 Å². The lowest BCUT2D eigenvalue weighted by Crippen LogP contribution is -2.53. The predicted octanol–water partition coefficient (Wildman–Crippen LogP) is 2.92. The third kappa shape index (κ3) is 4.11. The van der Waals surface area contributed by atoms with Crippen molar-refractivity contribution in [1.29, 1.82) is 0 Å². The van der Waals surface area contributed by atoms with E-state index < -0.39 is 0 Å². The molecular weight excluding hydrogens is 288 g/mol. The summed E-state index contributed by atoms with van der Waals surface area (Å²) in [7, 11) is 0. The normalized spacial score (nSPS) is 28.4. The van der Waals surface area contributed by atoms with Gasteiger partial charge in [0, 0.05) is 31.7 Å². The van der Waals surface area contributed by atoms with E-state index in [2.05, 4.69) is 35.9 Å². The van der Waals surface area contributed by atoms with E-state index in [1.54, 1.807) is 0 Å². The van der Waals surface area contributed by atoms with Crippen molar-refractivity contribution in [3.8, 4) is 0 Å². The van der Waals surface area contributed by atoms with Crippen molar-refractivity contribution in [2.24, 2.45) is 5.92 Å². The smallest absolute Gasteiger partial charge is 0.0735 e. The molecule has 0 bridgehead atoms. The lowest BCUT2D eigenvalue weighted by molar-refractivity contribution is -0.193. The molecule has 0 radical (unpaired) electrons. The minimum Gasteiger partial charge on any atom is -0.393 e. The number of aryl methyl sites for hydroxylation is 1. The van der Waals surface area contributed by atoms with E-state index in [1.807, 2.05) is 13.0 Å². The van der Waals surface area contributed by atoms with Gasteiger partial charge < -0.3 is 9.84 Å². The van der Waals surface area contributed by atoms with E-state index in [1.165, 1.54) is 0 Å². The monoisotopic (exact) mass is 318 g/mol. The van der Waals surface area contributed by atoms with Crippen molar-refractivity contribution in [1.82, 2.24) is 9.88 Å². The predicted molar refractivity (Wildman–Crippen MR) is 91.2 cm³/mol. The number of rotatable bonds is 3. The number of pyridine rings is 1. The number of hydrogen-bond acceptors (Lipinski definition) is 4. The molecule has 1 spiro atoms. The van der Waals surface area contributed by atoms with Gasteiger partial charge in [-0.3, -0.25) is 9.88 Å². The van der Waals surface area contributed by atoms with Crippen molar-refractivity contribution < 1.29 is 9.84 Å². The molecule has 3 heterocycles. The molecule has 0 amide bonds. The van der Waals surface area contributed by atoms with Crippen molar-refractivity contribution in [2.75, 3.05) is 13.1 Å². The highest BCUT2D eigenvalue weighted by Crippen LogP contribution is 2.39. The molecule has 4 nitrogen and oxygen atoms in total. The fourth-order valence-corrected chi connectivity index (χ4v) is 3.96. The first-order chi connectivity index (χ1) is 11.0. The summed E-state index contributed by atoms with van der Waals surface area (Å²) in [6, 6.07) is 6.22. The number of aliphatic hydroxyl groups excluding tert-OH is 1. The molecule has 0 aliphatic carbocycles. The Morgan fingerprint density at radius 2 is 2.09 bits per heavy atom. The zero-order valence-electron chi connectivity index (χ0n) is 14.7. The van der Waals surface area contributed by atoms with Gasteiger partial charge in [-0.05, 0) is 44.2 Å². The number of nitrogens with zero attached hydrogens (tertiary/aromatic N) is 2. The van der Waals surface area contributed by atoms with E-state index >= 15 is 0 Å². The minimum atomic E-state index is -0.207. The standard InChI is InChI=1S/C19H30N2O2/c1-14(2)18-11-17(22)12-19(23-18)7-9-21(10-8-19)13-16-6-4-5-15(3)20-16/h4-6,14,17-18,22H,7-13H2,1-3H3/t17-,18-/m1/s1. The van der Waals surface area contributed by atoms with Crippen molar-refractivity contribution in [2.45, 2.75) is 70.8 Å². The molecule has 1 aromatic heterocycles. The molecule has 2 atom stereocenters. The second-order valence-corrected chi connectivity index (χ2v) is 7.72. The molecule has 2 aliphatic rings. The molecule has 2 saturated heterocycles. The molecule has 128 valence electrons. The summed E-state index contributed by atoms with van der Waals surface area (Å²) in [5.41, 5.74) is 2.11. The summed E-state index contributed by atoms with van der Waals surface area (Å²) in [5, 5.41) is 10.3. The van der Waals surface area contributed by atoms with Crippen LogP contribution in [0, 0.1) is 12.8 Å². The molecule has 0 aromatic carbocycles. The van der Waals surface area contributed by atoms with Gasteiger partial charge in [0.2, 0.25) is 0 Å². The molecule has 2 aliphatic heterocycles. The fraction of sp³-hybridized carbons (Fsp3) is 0.737. The average Bonchev–Trinajstić information content (AvgIpc) is 2.49. The first kappa shape index (κ1) is 16.9. The highest BCUT2D eigenvalue weighted by molar-refractivity contribution is 5.10. The molecule has 0 saturated carbocycles. The summed E-state index contributed by atoms with van der Waals surface area (Å²) in [5.74, 6) is 0.469. The first-order valence-electron chi connectivity index (χ1n) is 8.96. The Labute approximate surface area is 139 Å². The van der Waals surface area contributed by atoms with E-state index in [0.29, 0.717) is 5.92 Å². The van der Waals surface area contributed by atoms with Crippen molar-refractivity contribution >= 4 is 0 Å². The number of aliphatic hydroxyl groups is 1. The maximum Gasteiger partial charge on any atom is 0.0735 e. The second-order valence-electron chi connectivity index (χ2n) is 7.72. The van der Waals surface area contributed by atoms with Crippen LogP contribution in [0.25, 0.3) is 0 Å². The average molecular weight is 318 g/mol. The van der Waals surface area contributed by atoms with Gasteiger partial charge >= 0.3 is 0 Å². The highest BCUT2D eigenvalue weighted by Gasteiger charge is 2.43. The summed E-state index contributed by atoms with van der Waals surface area (Å²) in [6.45, 7) is 9.37. The summed E-state index contributed by atoms with van der Waals surface area (Å²) in [4.78, 5) is 7.07. The van der Waals surface area contributed by atoms with E-state index in [4.69, 9.17) is 4.74 Å². The van der Waals surface area contributed by atoms with Gasteiger partial charge in [0.1, 0.15) is 0 Å². The van der Waals surface area contributed by atoms with Crippen LogP contribution in [0.2, 0.25) is 0 Å². The molecule has 1 N–H and O–H groups in total. The van der Waals surface area contributed by atoms with Crippen LogP contribution in [-0.4, -0.2) is 45.9 Å². The fourth-order valence-electron chi connectivity index (χ4n) is 3.96. The van der Waals surface area contributed by atoms with Crippen LogP contribution in [-0.2, 0) is 11.3 Å². The Kier molecular flexibility index (Phi) is 5.04. The number of likely N-dealkylation sites (tertiary alicyclic amines) is 1. The molecule has 2 fully saturated rings. The van der Waals surface area contributed by atoms with Crippen LogP contribution in [0.3, 0.4) is 0 Å². The summed E-state index contributed by atoms with van der Waals surface area (Å²) in [6.07, 6.45) is 3.60. The Morgan fingerprint density at radius 1 is 1.35 bits per heavy atom. The molecule has 1 aromatic rings. The molecular formula is C19H30N2O2. The molecule has 4 heteroatoms. The van der Waals surface area contributed by atoms with Gasteiger partial charge in [-0.2, -0.15) is 0 Å². The number of aromatic nitrogens is 1. The van der Waals surface area contributed by atoms with Gasteiger partial charge in [0.05, 0.1) is 23.5 Å². The van der Waals surface area contributed by atoms with Crippen LogP contribution >= 0.6 is 0 Å². The van der Waals surface area contributed by atoms with Gasteiger partial charge in [-0.15, -0.1) is 0 Å².